The Morgan fingerprint density at radius 2 is 1.96 bits per heavy atom. The van der Waals surface area contributed by atoms with Crippen LogP contribution in [0.25, 0.3) is 0 Å². The van der Waals surface area contributed by atoms with Gasteiger partial charge in [-0.2, -0.15) is 0 Å². The first kappa shape index (κ1) is 18.2. The van der Waals surface area contributed by atoms with E-state index in [0.717, 1.165) is 37.9 Å². The Labute approximate surface area is 144 Å². The lowest BCUT2D eigenvalue weighted by Crippen LogP contribution is -2.55. The molecule has 2 atom stereocenters. The fourth-order valence-corrected chi connectivity index (χ4v) is 3.66. The molecule has 2 aliphatic heterocycles. The Bertz CT molecular complexity index is 503. The molecule has 23 heavy (non-hydrogen) atoms. The highest BCUT2D eigenvalue weighted by Gasteiger charge is 2.42. The molecule has 2 N–H and O–H groups in total. The van der Waals surface area contributed by atoms with Gasteiger partial charge in [0.05, 0.1) is 5.41 Å². The first-order valence-electron chi connectivity index (χ1n) is 8.37. The summed E-state index contributed by atoms with van der Waals surface area (Å²) in [5.74, 6) is 0.658. The van der Waals surface area contributed by atoms with Crippen molar-refractivity contribution in [3.8, 4) is 0 Å². The van der Waals surface area contributed by atoms with Gasteiger partial charge in [0.1, 0.15) is 0 Å². The van der Waals surface area contributed by atoms with Crippen LogP contribution in [0.3, 0.4) is 0 Å². The second kappa shape index (κ2) is 8.13. The van der Waals surface area contributed by atoms with Crippen LogP contribution in [0.15, 0.2) is 30.3 Å². The van der Waals surface area contributed by atoms with Gasteiger partial charge in [-0.15, -0.1) is 12.4 Å². The monoisotopic (exact) mass is 338 g/mol. The average molecular weight is 339 g/mol. The van der Waals surface area contributed by atoms with Gasteiger partial charge in [-0.25, -0.2) is 0 Å². The van der Waals surface area contributed by atoms with Crippen molar-refractivity contribution in [1.29, 1.82) is 0 Å². The number of piperidine rings is 1. The van der Waals surface area contributed by atoms with E-state index < -0.39 is 5.41 Å². The fraction of sp³-hybridized carbons (Fsp3) is 0.611. The van der Waals surface area contributed by atoms with Crippen molar-refractivity contribution >= 4 is 18.3 Å². The van der Waals surface area contributed by atoms with Crippen LogP contribution in [0.4, 0.5) is 0 Å². The van der Waals surface area contributed by atoms with Crippen molar-refractivity contribution in [2.24, 2.45) is 5.92 Å². The number of carbonyl (C=O) groups is 1. The van der Waals surface area contributed by atoms with Crippen molar-refractivity contribution in [2.45, 2.75) is 37.6 Å². The maximum Gasteiger partial charge on any atom is 0.231 e. The van der Waals surface area contributed by atoms with Gasteiger partial charge in [0.25, 0.3) is 0 Å². The molecule has 2 saturated heterocycles. The van der Waals surface area contributed by atoms with Crippen molar-refractivity contribution in [1.82, 2.24) is 10.6 Å². The summed E-state index contributed by atoms with van der Waals surface area (Å²) in [5, 5.41) is 6.73. The van der Waals surface area contributed by atoms with E-state index in [4.69, 9.17) is 4.74 Å². The molecule has 2 heterocycles. The fourth-order valence-electron chi connectivity index (χ4n) is 3.66. The maximum atomic E-state index is 13.1. The molecule has 0 aliphatic carbocycles. The van der Waals surface area contributed by atoms with Gasteiger partial charge in [0.2, 0.25) is 5.91 Å². The smallest absolute Gasteiger partial charge is 0.231 e. The van der Waals surface area contributed by atoms with E-state index in [1.165, 1.54) is 0 Å². The van der Waals surface area contributed by atoms with E-state index in [1.54, 1.807) is 0 Å². The number of carbonyl (C=O) groups excluding carboxylic acids is 1. The molecular weight excluding hydrogens is 312 g/mol. The quantitative estimate of drug-likeness (QED) is 0.889. The van der Waals surface area contributed by atoms with Crippen LogP contribution in [0.5, 0.6) is 0 Å². The Balaban J connectivity index is 0.00000192. The van der Waals surface area contributed by atoms with Crippen LogP contribution in [0.2, 0.25) is 0 Å². The largest absolute Gasteiger partial charge is 0.381 e. The van der Waals surface area contributed by atoms with Crippen LogP contribution < -0.4 is 10.6 Å². The van der Waals surface area contributed by atoms with Crippen LogP contribution >= 0.6 is 12.4 Å². The molecule has 5 heteroatoms. The number of nitrogens with one attached hydrogen (secondary N) is 2. The third-order valence-corrected chi connectivity index (χ3v) is 5.21. The van der Waals surface area contributed by atoms with Gasteiger partial charge in [0, 0.05) is 19.3 Å². The summed E-state index contributed by atoms with van der Waals surface area (Å²) < 4.78 is 5.52. The molecular formula is C18H27ClN2O2. The predicted molar refractivity (Wildman–Crippen MR) is 94.0 cm³/mol. The third-order valence-electron chi connectivity index (χ3n) is 5.21. The normalized spacial score (nSPS) is 26.8. The number of halogens is 1. The second-order valence-electron chi connectivity index (χ2n) is 6.61. The summed E-state index contributed by atoms with van der Waals surface area (Å²) in [6, 6.07) is 10.5. The standard InChI is InChI=1S/C18H26N2O2.ClH/c1-14-13-19-10-7-16(14)20-17(21)18(8-11-22-12-9-18)15-5-3-2-4-6-15;/h2-6,14,16,19H,7-13H2,1H3,(H,20,21);1H. The molecule has 0 saturated carbocycles. The molecule has 1 aromatic carbocycles. The highest BCUT2D eigenvalue weighted by molar-refractivity contribution is 5.88. The number of rotatable bonds is 3. The van der Waals surface area contributed by atoms with Crippen LogP contribution in [-0.4, -0.2) is 38.3 Å². The van der Waals surface area contributed by atoms with E-state index in [-0.39, 0.29) is 24.4 Å². The lowest BCUT2D eigenvalue weighted by Gasteiger charge is -2.39. The summed E-state index contributed by atoms with van der Waals surface area (Å²) in [6.07, 6.45) is 2.54. The molecule has 3 rings (SSSR count). The van der Waals surface area contributed by atoms with Crippen LogP contribution in [-0.2, 0) is 14.9 Å². The van der Waals surface area contributed by atoms with E-state index in [2.05, 4.69) is 29.7 Å². The molecule has 0 spiro atoms. The molecule has 4 nitrogen and oxygen atoms in total. The molecule has 2 aliphatic rings. The first-order chi connectivity index (χ1) is 10.7. The van der Waals surface area contributed by atoms with Crippen molar-refractivity contribution < 1.29 is 9.53 Å². The van der Waals surface area contributed by atoms with Gasteiger partial charge in [-0.05, 0) is 43.8 Å². The molecule has 0 radical (unpaired) electrons. The maximum absolute atomic E-state index is 13.1. The molecule has 0 bridgehead atoms. The highest BCUT2D eigenvalue weighted by Crippen LogP contribution is 2.35. The lowest BCUT2D eigenvalue weighted by molar-refractivity contribution is -0.131. The second-order valence-corrected chi connectivity index (χ2v) is 6.61. The minimum atomic E-state index is -0.426. The van der Waals surface area contributed by atoms with Crippen LogP contribution in [0.1, 0.15) is 31.7 Å². The van der Waals surface area contributed by atoms with Crippen molar-refractivity contribution in [3.63, 3.8) is 0 Å². The van der Waals surface area contributed by atoms with E-state index in [9.17, 15) is 4.79 Å². The SMILES string of the molecule is CC1CNCCC1NC(=O)C1(c2ccccc2)CCOCC1.Cl. The Hall–Kier alpha value is -1.10. The van der Waals surface area contributed by atoms with Crippen molar-refractivity contribution in [3.05, 3.63) is 35.9 Å². The topological polar surface area (TPSA) is 50.4 Å². The summed E-state index contributed by atoms with van der Waals surface area (Å²) in [5.41, 5.74) is 0.696. The van der Waals surface area contributed by atoms with Gasteiger partial charge in [0.15, 0.2) is 0 Å². The van der Waals surface area contributed by atoms with Crippen molar-refractivity contribution in [2.75, 3.05) is 26.3 Å². The molecule has 128 valence electrons. The average Bonchev–Trinajstić information content (AvgIpc) is 2.58. The molecule has 2 unspecified atom stereocenters. The minimum absolute atomic E-state index is 0. The molecule has 1 aromatic rings. The molecule has 0 aromatic heterocycles. The Morgan fingerprint density at radius 1 is 1.26 bits per heavy atom. The Morgan fingerprint density at radius 3 is 2.61 bits per heavy atom. The predicted octanol–water partition coefficient (Wildman–Crippen LogP) is 2.27. The van der Waals surface area contributed by atoms with Crippen LogP contribution in [0, 0.1) is 5.92 Å². The zero-order valence-corrected chi connectivity index (χ0v) is 14.5. The number of hydrogen-bond acceptors (Lipinski definition) is 3. The Kier molecular flexibility index (Phi) is 6.45. The zero-order valence-electron chi connectivity index (χ0n) is 13.7. The lowest BCUT2D eigenvalue weighted by atomic mass is 9.73. The minimum Gasteiger partial charge on any atom is -0.381 e. The molecule has 1 amide bonds. The van der Waals surface area contributed by atoms with E-state index in [1.807, 2.05) is 18.2 Å². The summed E-state index contributed by atoms with van der Waals surface area (Å²) in [6.45, 7) is 5.48. The summed E-state index contributed by atoms with van der Waals surface area (Å²) in [4.78, 5) is 13.1. The van der Waals surface area contributed by atoms with E-state index >= 15 is 0 Å². The highest BCUT2D eigenvalue weighted by atomic mass is 35.5. The summed E-state index contributed by atoms with van der Waals surface area (Å²) >= 11 is 0. The number of amides is 1. The number of benzene rings is 1. The zero-order chi connectivity index (χ0) is 15.4. The third kappa shape index (κ3) is 3.87. The molecule has 2 fully saturated rings. The number of ether oxygens (including phenoxy) is 1. The van der Waals surface area contributed by atoms with Gasteiger partial charge in [-0.1, -0.05) is 37.3 Å². The number of hydrogen-bond donors (Lipinski definition) is 2. The van der Waals surface area contributed by atoms with Gasteiger partial charge in [-0.3, -0.25) is 4.79 Å². The van der Waals surface area contributed by atoms with E-state index in [0.29, 0.717) is 19.1 Å². The summed E-state index contributed by atoms with van der Waals surface area (Å²) in [7, 11) is 0. The van der Waals surface area contributed by atoms with Gasteiger partial charge < -0.3 is 15.4 Å². The first-order valence-corrected chi connectivity index (χ1v) is 8.37. The van der Waals surface area contributed by atoms with Gasteiger partial charge >= 0.3 is 0 Å².